The molecule has 1 N–H and O–H groups in total. The summed E-state index contributed by atoms with van der Waals surface area (Å²) in [6, 6.07) is 0. The lowest BCUT2D eigenvalue weighted by Gasteiger charge is -2.06. The monoisotopic (exact) mass is 158 g/mol. The van der Waals surface area contributed by atoms with Crippen LogP contribution in [0, 0.1) is 0 Å². The highest BCUT2D eigenvalue weighted by Gasteiger charge is 2.52. The summed E-state index contributed by atoms with van der Waals surface area (Å²) >= 11 is 3.87. The summed E-state index contributed by atoms with van der Waals surface area (Å²) in [7, 11) is 0. The van der Waals surface area contributed by atoms with Gasteiger partial charge < -0.3 is 9.84 Å². The summed E-state index contributed by atoms with van der Waals surface area (Å²) in [5.41, 5.74) is 0. The quantitative estimate of drug-likeness (QED) is 0.369. The zero-order chi connectivity index (χ0) is 7.30. The van der Waals surface area contributed by atoms with Crippen LogP contribution in [0.5, 0.6) is 0 Å². The minimum Gasteiger partial charge on any atom is -0.386 e. The number of carbonyl (C=O) groups excluding carboxylic acids is 1. The fraction of sp³-hybridized carbons (Fsp3) is 0.500. The van der Waals surface area contributed by atoms with E-state index in [4.69, 9.17) is 9.84 Å². The van der Waals surface area contributed by atoms with Gasteiger partial charge in [-0.1, -0.05) is 0 Å². The van der Waals surface area contributed by atoms with E-state index in [0.29, 0.717) is 4.91 Å². The van der Waals surface area contributed by atoms with Crippen LogP contribution in [0.15, 0.2) is 11.0 Å². The molecule has 3 nitrogen and oxygen atoms in total. The van der Waals surface area contributed by atoms with Gasteiger partial charge in [-0.3, -0.25) is 4.79 Å². The third-order valence-electron chi connectivity index (χ3n) is 1.70. The number of aliphatic hydroxyl groups is 1. The molecule has 0 radical (unpaired) electrons. The van der Waals surface area contributed by atoms with Gasteiger partial charge in [-0.2, -0.15) is 0 Å². The Labute approximate surface area is 63.1 Å². The second-order valence-corrected chi connectivity index (χ2v) is 2.91. The standard InChI is InChI=1S/C6H6O3S/c7-2-1-3(10)4(8)6-5(2)9-6/h1-2,5-7,10H. The first kappa shape index (κ1) is 6.39. The summed E-state index contributed by atoms with van der Waals surface area (Å²) in [4.78, 5) is 11.2. The number of hydrogen-bond acceptors (Lipinski definition) is 4. The fourth-order valence-electron chi connectivity index (χ4n) is 1.08. The van der Waals surface area contributed by atoms with Crippen molar-refractivity contribution in [2.24, 2.45) is 0 Å². The molecular weight excluding hydrogens is 152 g/mol. The lowest BCUT2D eigenvalue weighted by molar-refractivity contribution is -0.116. The Morgan fingerprint density at radius 1 is 1.70 bits per heavy atom. The van der Waals surface area contributed by atoms with Crippen LogP contribution in [-0.4, -0.2) is 29.2 Å². The van der Waals surface area contributed by atoms with Crippen LogP contribution >= 0.6 is 12.6 Å². The minimum absolute atomic E-state index is 0.112. The van der Waals surface area contributed by atoms with Gasteiger partial charge in [-0.15, -0.1) is 12.6 Å². The Kier molecular flexibility index (Phi) is 1.18. The Morgan fingerprint density at radius 2 is 2.40 bits per heavy atom. The van der Waals surface area contributed by atoms with Crippen molar-refractivity contribution < 1.29 is 14.6 Å². The molecule has 2 aliphatic rings. The van der Waals surface area contributed by atoms with E-state index in [0.717, 1.165) is 0 Å². The molecule has 4 heteroatoms. The maximum atomic E-state index is 10.9. The van der Waals surface area contributed by atoms with Crippen LogP contribution in [0.4, 0.5) is 0 Å². The van der Waals surface area contributed by atoms with Crippen molar-refractivity contribution in [1.82, 2.24) is 0 Å². The first-order chi connectivity index (χ1) is 4.70. The molecule has 1 heterocycles. The number of rotatable bonds is 0. The molecule has 0 aromatic rings. The SMILES string of the molecule is O=C1C(S)=CC(O)C2OC12. The molecule has 0 aromatic carbocycles. The third kappa shape index (κ3) is 0.729. The van der Waals surface area contributed by atoms with E-state index >= 15 is 0 Å². The van der Waals surface area contributed by atoms with Gasteiger partial charge in [0.15, 0.2) is 11.9 Å². The summed E-state index contributed by atoms with van der Waals surface area (Å²) in [6.07, 6.45) is 0.0747. The molecule has 0 spiro atoms. The average Bonchev–Trinajstić information content (AvgIpc) is 2.61. The lowest BCUT2D eigenvalue weighted by atomic mass is 10.0. The zero-order valence-electron chi connectivity index (χ0n) is 5.02. The van der Waals surface area contributed by atoms with Crippen LogP contribution in [-0.2, 0) is 9.53 Å². The molecule has 1 fully saturated rings. The number of carbonyl (C=O) groups is 1. The Hall–Kier alpha value is -0.320. The summed E-state index contributed by atoms with van der Waals surface area (Å²) in [5.74, 6) is -0.112. The zero-order valence-corrected chi connectivity index (χ0v) is 5.91. The van der Waals surface area contributed by atoms with Gasteiger partial charge >= 0.3 is 0 Å². The Balaban J connectivity index is 2.30. The fourth-order valence-corrected chi connectivity index (χ4v) is 1.36. The smallest absolute Gasteiger partial charge is 0.200 e. The van der Waals surface area contributed by atoms with E-state index in [9.17, 15) is 4.79 Å². The van der Waals surface area contributed by atoms with Crippen LogP contribution in [0.3, 0.4) is 0 Å². The van der Waals surface area contributed by atoms with E-state index in [1.807, 2.05) is 0 Å². The van der Waals surface area contributed by atoms with Gasteiger partial charge in [-0.25, -0.2) is 0 Å². The van der Waals surface area contributed by atoms with Crippen molar-refractivity contribution in [1.29, 1.82) is 0 Å². The predicted molar refractivity (Wildman–Crippen MR) is 36.7 cm³/mol. The van der Waals surface area contributed by atoms with Gasteiger partial charge in [0, 0.05) is 4.91 Å². The van der Waals surface area contributed by atoms with Crippen LogP contribution < -0.4 is 0 Å². The lowest BCUT2D eigenvalue weighted by Crippen LogP contribution is -2.24. The van der Waals surface area contributed by atoms with Gasteiger partial charge in [-0.05, 0) is 6.08 Å². The van der Waals surface area contributed by atoms with E-state index in [2.05, 4.69) is 12.6 Å². The van der Waals surface area contributed by atoms with Gasteiger partial charge in [0.25, 0.3) is 0 Å². The average molecular weight is 158 g/mol. The normalized spacial score (nSPS) is 44.4. The Bertz CT molecular complexity index is 223. The van der Waals surface area contributed by atoms with E-state index < -0.39 is 12.2 Å². The number of aliphatic hydroxyl groups excluding tert-OH is 1. The number of thiol groups is 1. The topological polar surface area (TPSA) is 49.8 Å². The second kappa shape index (κ2) is 1.84. The van der Waals surface area contributed by atoms with Crippen molar-refractivity contribution in [2.45, 2.75) is 18.3 Å². The van der Waals surface area contributed by atoms with Crippen molar-refractivity contribution in [3.05, 3.63) is 11.0 Å². The number of ether oxygens (including phenoxy) is 1. The second-order valence-electron chi connectivity index (χ2n) is 2.43. The molecule has 0 aromatic heterocycles. The van der Waals surface area contributed by atoms with Gasteiger partial charge in [0.2, 0.25) is 0 Å². The van der Waals surface area contributed by atoms with Crippen LogP contribution in [0.2, 0.25) is 0 Å². The molecule has 2 rings (SSSR count). The highest BCUT2D eigenvalue weighted by atomic mass is 32.1. The highest BCUT2D eigenvalue weighted by Crippen LogP contribution is 2.34. The molecule has 10 heavy (non-hydrogen) atoms. The van der Waals surface area contributed by atoms with Crippen LogP contribution in [0.1, 0.15) is 0 Å². The Morgan fingerprint density at radius 3 is 3.10 bits per heavy atom. The molecule has 0 amide bonds. The summed E-state index contributed by atoms with van der Waals surface area (Å²) < 4.78 is 4.87. The molecule has 1 aliphatic carbocycles. The van der Waals surface area contributed by atoms with Crippen molar-refractivity contribution in [2.75, 3.05) is 0 Å². The summed E-state index contributed by atoms with van der Waals surface area (Å²) in [6.45, 7) is 0. The van der Waals surface area contributed by atoms with E-state index in [-0.39, 0.29) is 11.9 Å². The highest BCUT2D eigenvalue weighted by molar-refractivity contribution is 7.85. The summed E-state index contributed by atoms with van der Waals surface area (Å²) in [5, 5.41) is 9.11. The minimum atomic E-state index is -0.643. The van der Waals surface area contributed by atoms with Gasteiger partial charge in [0.05, 0.1) is 0 Å². The molecule has 1 saturated heterocycles. The van der Waals surface area contributed by atoms with Crippen LogP contribution in [0.25, 0.3) is 0 Å². The molecule has 0 bridgehead atoms. The molecule has 1 aliphatic heterocycles. The number of Topliss-reactive ketones (excluding diaryl/α,β-unsaturated/α-hetero) is 1. The van der Waals surface area contributed by atoms with E-state index in [1.54, 1.807) is 0 Å². The number of hydrogen-bond donors (Lipinski definition) is 2. The largest absolute Gasteiger partial charge is 0.386 e. The first-order valence-corrected chi connectivity index (χ1v) is 3.43. The first-order valence-electron chi connectivity index (χ1n) is 2.98. The van der Waals surface area contributed by atoms with E-state index in [1.165, 1.54) is 6.08 Å². The van der Waals surface area contributed by atoms with Gasteiger partial charge in [0.1, 0.15) is 12.2 Å². The molecule has 3 unspecified atom stereocenters. The maximum Gasteiger partial charge on any atom is 0.200 e. The number of fused-ring (bicyclic) bond motifs is 1. The molecule has 0 saturated carbocycles. The predicted octanol–water partition coefficient (Wildman–Crippen LogP) is -0.489. The van der Waals surface area contributed by atoms with Crippen molar-refractivity contribution in [3.8, 4) is 0 Å². The number of ketones is 1. The molecule has 3 atom stereocenters. The third-order valence-corrected chi connectivity index (χ3v) is 2.07. The number of epoxide rings is 1. The molecular formula is C6H6O3S. The maximum absolute atomic E-state index is 10.9. The van der Waals surface area contributed by atoms with Crippen molar-refractivity contribution >= 4 is 18.4 Å². The van der Waals surface area contributed by atoms with Crippen molar-refractivity contribution in [3.63, 3.8) is 0 Å². The molecule has 54 valence electrons.